The molecule has 1 aliphatic carbocycles. The van der Waals surface area contributed by atoms with Crippen LogP contribution in [0.15, 0.2) is 30.4 Å². The SMILES string of the molecule is O=C(c1ccc2c(c1)OCCO2)C1CCN(C(=O)CC2C=CCC2)CC1. The van der Waals surface area contributed by atoms with Crippen LogP contribution in [0.3, 0.4) is 0 Å². The summed E-state index contributed by atoms with van der Waals surface area (Å²) in [5, 5.41) is 0. The summed E-state index contributed by atoms with van der Waals surface area (Å²) in [7, 11) is 0. The fourth-order valence-corrected chi connectivity index (χ4v) is 4.04. The number of nitrogens with zero attached hydrogens (tertiary/aromatic N) is 1. The van der Waals surface area contributed by atoms with Gasteiger partial charge >= 0.3 is 0 Å². The second-order valence-electron chi connectivity index (χ2n) is 7.35. The number of likely N-dealkylation sites (tertiary alicyclic amines) is 1. The summed E-state index contributed by atoms with van der Waals surface area (Å²) in [4.78, 5) is 27.2. The largest absolute Gasteiger partial charge is 0.486 e. The van der Waals surface area contributed by atoms with E-state index in [1.807, 2.05) is 17.0 Å². The van der Waals surface area contributed by atoms with Crippen LogP contribution in [0.4, 0.5) is 0 Å². The molecule has 1 aromatic rings. The molecule has 1 amide bonds. The summed E-state index contributed by atoms with van der Waals surface area (Å²) < 4.78 is 11.1. The van der Waals surface area contributed by atoms with Crippen molar-refractivity contribution < 1.29 is 19.1 Å². The first-order valence-electron chi connectivity index (χ1n) is 9.59. The maximum Gasteiger partial charge on any atom is 0.223 e. The van der Waals surface area contributed by atoms with E-state index in [1.54, 1.807) is 6.07 Å². The van der Waals surface area contributed by atoms with E-state index in [0.717, 1.165) is 25.7 Å². The molecule has 1 fully saturated rings. The molecule has 5 heteroatoms. The third-order valence-corrected chi connectivity index (χ3v) is 5.59. The minimum absolute atomic E-state index is 0.0204. The van der Waals surface area contributed by atoms with Gasteiger partial charge in [-0.15, -0.1) is 0 Å². The molecule has 0 bridgehead atoms. The van der Waals surface area contributed by atoms with Gasteiger partial charge in [0, 0.05) is 31.0 Å². The van der Waals surface area contributed by atoms with E-state index in [-0.39, 0.29) is 17.6 Å². The van der Waals surface area contributed by atoms with E-state index in [0.29, 0.717) is 55.7 Å². The number of ether oxygens (including phenoxy) is 2. The van der Waals surface area contributed by atoms with Crippen molar-refractivity contribution >= 4 is 11.7 Å². The summed E-state index contributed by atoms with van der Waals surface area (Å²) in [6.07, 6.45) is 8.58. The van der Waals surface area contributed by atoms with Crippen molar-refractivity contribution in [2.45, 2.75) is 32.1 Å². The van der Waals surface area contributed by atoms with Crippen molar-refractivity contribution in [2.75, 3.05) is 26.3 Å². The van der Waals surface area contributed by atoms with E-state index < -0.39 is 0 Å². The predicted molar refractivity (Wildman–Crippen MR) is 97.5 cm³/mol. The van der Waals surface area contributed by atoms with Crippen LogP contribution in [0.25, 0.3) is 0 Å². The first-order valence-corrected chi connectivity index (χ1v) is 9.59. The minimum atomic E-state index is -0.0204. The molecule has 3 aliphatic rings. The number of ketones is 1. The molecule has 4 rings (SSSR count). The van der Waals surface area contributed by atoms with Gasteiger partial charge < -0.3 is 14.4 Å². The number of fused-ring (bicyclic) bond motifs is 1. The number of allylic oxidation sites excluding steroid dienone is 2. The Labute approximate surface area is 154 Å². The molecule has 138 valence electrons. The van der Waals surface area contributed by atoms with E-state index in [4.69, 9.17) is 9.47 Å². The monoisotopic (exact) mass is 355 g/mol. The molecule has 0 radical (unpaired) electrons. The Bertz CT molecular complexity index is 719. The average molecular weight is 355 g/mol. The molecule has 0 saturated carbocycles. The molecule has 1 aromatic carbocycles. The Morgan fingerprint density at radius 2 is 1.81 bits per heavy atom. The quantitative estimate of drug-likeness (QED) is 0.615. The second kappa shape index (κ2) is 7.52. The second-order valence-corrected chi connectivity index (χ2v) is 7.35. The van der Waals surface area contributed by atoms with Gasteiger partial charge in [0.05, 0.1) is 0 Å². The van der Waals surface area contributed by atoms with Gasteiger partial charge in [0.1, 0.15) is 13.2 Å². The van der Waals surface area contributed by atoms with Crippen LogP contribution < -0.4 is 9.47 Å². The lowest BCUT2D eigenvalue weighted by Gasteiger charge is -2.32. The minimum Gasteiger partial charge on any atom is -0.486 e. The van der Waals surface area contributed by atoms with Crippen molar-refractivity contribution in [3.63, 3.8) is 0 Å². The van der Waals surface area contributed by atoms with E-state index in [1.165, 1.54) is 0 Å². The Morgan fingerprint density at radius 1 is 1.04 bits per heavy atom. The van der Waals surface area contributed by atoms with Crippen LogP contribution in [-0.4, -0.2) is 42.9 Å². The molecule has 1 atom stereocenters. The summed E-state index contributed by atoms with van der Waals surface area (Å²) in [6.45, 7) is 2.41. The number of carbonyl (C=O) groups is 2. The third kappa shape index (κ3) is 3.62. The van der Waals surface area contributed by atoms with Crippen molar-refractivity contribution in [3.8, 4) is 11.5 Å². The van der Waals surface area contributed by atoms with Crippen LogP contribution in [0.1, 0.15) is 42.5 Å². The maximum absolute atomic E-state index is 12.8. The Morgan fingerprint density at radius 3 is 2.54 bits per heavy atom. The first-order chi connectivity index (χ1) is 12.7. The predicted octanol–water partition coefficient (Wildman–Crippen LogP) is 3.24. The number of carbonyl (C=O) groups excluding carboxylic acids is 2. The average Bonchev–Trinajstić information content (AvgIpc) is 3.20. The summed E-state index contributed by atoms with van der Waals surface area (Å²) >= 11 is 0. The smallest absolute Gasteiger partial charge is 0.223 e. The van der Waals surface area contributed by atoms with Crippen molar-refractivity contribution in [3.05, 3.63) is 35.9 Å². The third-order valence-electron chi connectivity index (χ3n) is 5.59. The topological polar surface area (TPSA) is 55.8 Å². The summed E-state index contributed by atoms with van der Waals surface area (Å²) in [6, 6.07) is 5.43. The van der Waals surface area contributed by atoms with Crippen LogP contribution >= 0.6 is 0 Å². The molecule has 2 aliphatic heterocycles. The Balaban J connectivity index is 1.33. The van der Waals surface area contributed by atoms with Crippen molar-refractivity contribution in [1.29, 1.82) is 0 Å². The zero-order valence-electron chi connectivity index (χ0n) is 15.0. The normalized spacial score (nSPS) is 22.5. The van der Waals surface area contributed by atoms with Gasteiger partial charge in [-0.3, -0.25) is 9.59 Å². The first kappa shape index (κ1) is 17.1. The summed E-state index contributed by atoms with van der Waals surface area (Å²) in [5.74, 6) is 2.11. The number of rotatable bonds is 4. The van der Waals surface area contributed by atoms with E-state index in [9.17, 15) is 9.59 Å². The molecule has 1 saturated heterocycles. The molecule has 1 unspecified atom stereocenters. The lowest BCUT2D eigenvalue weighted by atomic mass is 9.88. The number of hydrogen-bond donors (Lipinski definition) is 0. The Hall–Kier alpha value is -2.30. The lowest BCUT2D eigenvalue weighted by Crippen LogP contribution is -2.40. The van der Waals surface area contributed by atoms with Gasteiger partial charge in [-0.1, -0.05) is 12.2 Å². The van der Waals surface area contributed by atoms with Crippen LogP contribution in [0, 0.1) is 11.8 Å². The fraction of sp³-hybridized carbons (Fsp3) is 0.524. The highest BCUT2D eigenvalue weighted by atomic mass is 16.6. The maximum atomic E-state index is 12.8. The molecule has 0 spiro atoms. The van der Waals surface area contributed by atoms with Gasteiger partial charge in [-0.05, 0) is 49.8 Å². The number of amides is 1. The standard InChI is InChI=1S/C21H25NO4/c23-20(13-15-3-1-2-4-15)22-9-7-16(8-10-22)21(24)17-5-6-18-19(14-17)26-12-11-25-18/h1,3,5-6,14-16H,2,4,7-13H2. The highest BCUT2D eigenvalue weighted by Crippen LogP contribution is 2.33. The van der Waals surface area contributed by atoms with Gasteiger partial charge in [-0.25, -0.2) is 0 Å². The number of hydrogen-bond acceptors (Lipinski definition) is 4. The van der Waals surface area contributed by atoms with Gasteiger partial charge in [0.15, 0.2) is 17.3 Å². The van der Waals surface area contributed by atoms with Gasteiger partial charge in [-0.2, -0.15) is 0 Å². The number of piperidine rings is 1. The van der Waals surface area contributed by atoms with Crippen LogP contribution in [0.2, 0.25) is 0 Å². The van der Waals surface area contributed by atoms with E-state index >= 15 is 0 Å². The van der Waals surface area contributed by atoms with Crippen molar-refractivity contribution in [2.24, 2.45) is 11.8 Å². The van der Waals surface area contributed by atoms with E-state index in [2.05, 4.69) is 12.2 Å². The lowest BCUT2D eigenvalue weighted by molar-refractivity contribution is -0.133. The molecular weight excluding hydrogens is 330 g/mol. The number of Topliss-reactive ketones (excluding diaryl/α,β-unsaturated/α-hetero) is 1. The molecular formula is C21H25NO4. The van der Waals surface area contributed by atoms with Crippen molar-refractivity contribution in [1.82, 2.24) is 4.90 Å². The molecule has 26 heavy (non-hydrogen) atoms. The summed E-state index contributed by atoms with van der Waals surface area (Å²) in [5.41, 5.74) is 0.676. The highest BCUT2D eigenvalue weighted by molar-refractivity contribution is 5.98. The van der Waals surface area contributed by atoms with Gasteiger partial charge in [0.25, 0.3) is 0 Å². The number of benzene rings is 1. The zero-order chi connectivity index (χ0) is 17.9. The molecule has 0 N–H and O–H groups in total. The zero-order valence-corrected chi connectivity index (χ0v) is 15.0. The molecule has 0 aromatic heterocycles. The Kier molecular flexibility index (Phi) is 4.96. The fourth-order valence-electron chi connectivity index (χ4n) is 4.04. The molecule has 2 heterocycles. The van der Waals surface area contributed by atoms with Gasteiger partial charge in [0.2, 0.25) is 5.91 Å². The molecule has 5 nitrogen and oxygen atoms in total. The highest BCUT2D eigenvalue weighted by Gasteiger charge is 2.29. The van der Waals surface area contributed by atoms with Crippen LogP contribution in [-0.2, 0) is 4.79 Å². The van der Waals surface area contributed by atoms with Crippen LogP contribution in [0.5, 0.6) is 11.5 Å².